The first-order valence-electron chi connectivity index (χ1n) is 7.51. The molecule has 3 aromatic carbocycles. The molecule has 0 fully saturated rings. The maximum atomic E-state index is 12.8. The van der Waals surface area contributed by atoms with Gasteiger partial charge in [-0.05, 0) is 22.4 Å². The predicted molar refractivity (Wildman–Crippen MR) is 88.1 cm³/mol. The minimum atomic E-state index is -5.02. The second-order valence-corrected chi connectivity index (χ2v) is 5.53. The fourth-order valence-electron chi connectivity index (χ4n) is 2.77. The van der Waals surface area contributed by atoms with Gasteiger partial charge in [-0.3, -0.25) is 4.79 Å². The molecular weight excluding hydrogens is 331 g/mol. The van der Waals surface area contributed by atoms with E-state index in [1.165, 1.54) is 6.07 Å². The van der Waals surface area contributed by atoms with E-state index in [0.29, 0.717) is 10.9 Å². The van der Waals surface area contributed by atoms with Crippen LogP contribution in [0.5, 0.6) is 5.75 Å². The van der Waals surface area contributed by atoms with E-state index in [1.54, 1.807) is 60.7 Å². The number of halogens is 3. The fourth-order valence-corrected chi connectivity index (χ4v) is 2.77. The molecule has 0 bridgehead atoms. The van der Waals surface area contributed by atoms with Crippen molar-refractivity contribution in [1.82, 2.24) is 5.32 Å². The minimum Gasteiger partial charge on any atom is -0.508 e. The highest BCUT2D eigenvalue weighted by Crippen LogP contribution is 2.36. The van der Waals surface area contributed by atoms with Gasteiger partial charge in [-0.2, -0.15) is 13.2 Å². The predicted octanol–water partition coefficient (Wildman–Crippen LogP) is 4.31. The smallest absolute Gasteiger partial charge is 0.471 e. The summed E-state index contributed by atoms with van der Waals surface area (Å²) in [5.74, 6) is -2.25. The van der Waals surface area contributed by atoms with Crippen LogP contribution in [-0.2, 0) is 4.79 Å². The van der Waals surface area contributed by atoms with E-state index in [1.807, 2.05) is 5.32 Å². The number of carbonyl (C=O) groups is 1. The van der Waals surface area contributed by atoms with Crippen molar-refractivity contribution in [3.8, 4) is 5.75 Å². The van der Waals surface area contributed by atoms with E-state index in [9.17, 15) is 23.1 Å². The SMILES string of the molecule is O=C(N[C@@H](c1ccccc1)c1c(O)ccc2ccccc12)C(F)(F)F. The maximum Gasteiger partial charge on any atom is 0.471 e. The number of fused-ring (bicyclic) bond motifs is 1. The summed E-state index contributed by atoms with van der Waals surface area (Å²) in [4.78, 5) is 11.6. The van der Waals surface area contributed by atoms with Crippen LogP contribution in [0.2, 0.25) is 0 Å². The number of aromatic hydroxyl groups is 1. The summed E-state index contributed by atoms with van der Waals surface area (Å²) in [7, 11) is 0. The number of nitrogens with one attached hydrogen (secondary N) is 1. The number of amides is 1. The summed E-state index contributed by atoms with van der Waals surface area (Å²) in [6, 6.07) is 17.2. The van der Waals surface area contributed by atoms with Crippen LogP contribution in [0.1, 0.15) is 17.2 Å². The molecule has 0 saturated carbocycles. The lowest BCUT2D eigenvalue weighted by atomic mass is 9.92. The number of phenolic OH excluding ortho intramolecular Hbond substituents is 1. The van der Waals surface area contributed by atoms with Gasteiger partial charge in [-0.1, -0.05) is 60.7 Å². The number of alkyl halides is 3. The van der Waals surface area contributed by atoms with Gasteiger partial charge in [-0.15, -0.1) is 0 Å². The summed E-state index contributed by atoms with van der Waals surface area (Å²) in [6.07, 6.45) is -5.02. The third kappa shape index (κ3) is 3.42. The van der Waals surface area contributed by atoms with Gasteiger partial charge >= 0.3 is 12.1 Å². The largest absolute Gasteiger partial charge is 0.508 e. The van der Waals surface area contributed by atoms with E-state index in [-0.39, 0.29) is 11.3 Å². The normalized spacial score (nSPS) is 12.8. The summed E-state index contributed by atoms with van der Waals surface area (Å²) >= 11 is 0. The molecular formula is C19H14F3NO2. The van der Waals surface area contributed by atoms with Gasteiger partial charge in [0.15, 0.2) is 0 Å². The summed E-state index contributed by atoms with van der Waals surface area (Å²) in [5, 5.41) is 13.6. The molecule has 0 unspecified atom stereocenters. The Balaban J connectivity index is 2.19. The van der Waals surface area contributed by atoms with Gasteiger partial charge in [0.05, 0.1) is 6.04 Å². The van der Waals surface area contributed by atoms with Crippen molar-refractivity contribution < 1.29 is 23.1 Å². The standard InChI is InChI=1S/C19H14F3NO2/c20-19(21,22)18(25)23-17(13-7-2-1-3-8-13)16-14-9-5-4-6-12(14)10-11-15(16)24/h1-11,17,24H,(H,23,25)/t17-/m0/s1. The van der Waals surface area contributed by atoms with Crippen molar-refractivity contribution in [2.24, 2.45) is 0 Å². The summed E-state index contributed by atoms with van der Waals surface area (Å²) < 4.78 is 38.3. The van der Waals surface area contributed by atoms with Crippen molar-refractivity contribution in [3.05, 3.63) is 77.9 Å². The second kappa shape index (κ2) is 6.47. The Hall–Kier alpha value is -3.02. The Kier molecular flexibility index (Phi) is 4.35. The molecule has 2 N–H and O–H groups in total. The Morgan fingerprint density at radius 1 is 0.920 bits per heavy atom. The topological polar surface area (TPSA) is 49.3 Å². The number of carbonyl (C=O) groups excluding carboxylic acids is 1. The first kappa shape index (κ1) is 16.8. The second-order valence-electron chi connectivity index (χ2n) is 5.53. The van der Waals surface area contributed by atoms with Crippen LogP contribution in [0, 0.1) is 0 Å². The highest BCUT2D eigenvalue weighted by atomic mass is 19.4. The highest BCUT2D eigenvalue weighted by molar-refractivity contribution is 5.90. The van der Waals surface area contributed by atoms with E-state index >= 15 is 0 Å². The van der Waals surface area contributed by atoms with Crippen LogP contribution in [0.15, 0.2) is 66.7 Å². The zero-order valence-corrected chi connectivity index (χ0v) is 12.9. The minimum absolute atomic E-state index is 0.185. The molecule has 128 valence electrons. The van der Waals surface area contributed by atoms with Gasteiger partial charge in [0.1, 0.15) is 5.75 Å². The van der Waals surface area contributed by atoms with E-state index < -0.39 is 18.1 Å². The lowest BCUT2D eigenvalue weighted by Crippen LogP contribution is -2.39. The third-order valence-electron chi connectivity index (χ3n) is 3.90. The quantitative estimate of drug-likeness (QED) is 0.743. The molecule has 25 heavy (non-hydrogen) atoms. The molecule has 0 aliphatic carbocycles. The van der Waals surface area contributed by atoms with Crippen molar-refractivity contribution in [2.45, 2.75) is 12.2 Å². The van der Waals surface area contributed by atoms with E-state index in [2.05, 4.69) is 0 Å². The number of phenols is 1. The zero-order chi connectivity index (χ0) is 18.0. The monoisotopic (exact) mass is 345 g/mol. The zero-order valence-electron chi connectivity index (χ0n) is 12.9. The van der Waals surface area contributed by atoms with Gasteiger partial charge in [0, 0.05) is 5.56 Å². The van der Waals surface area contributed by atoms with Gasteiger partial charge in [0.2, 0.25) is 0 Å². The molecule has 1 atom stereocenters. The Morgan fingerprint density at radius 3 is 2.24 bits per heavy atom. The Bertz CT molecular complexity index is 907. The first-order chi connectivity index (χ1) is 11.9. The van der Waals surface area contributed by atoms with E-state index in [4.69, 9.17) is 0 Å². The number of rotatable bonds is 3. The molecule has 0 radical (unpaired) electrons. The molecule has 3 aromatic rings. The van der Waals surface area contributed by atoms with Crippen LogP contribution in [0.3, 0.4) is 0 Å². The molecule has 0 saturated heterocycles. The number of hydrogen-bond donors (Lipinski definition) is 2. The maximum absolute atomic E-state index is 12.8. The lowest BCUT2D eigenvalue weighted by Gasteiger charge is -2.23. The summed E-state index contributed by atoms with van der Waals surface area (Å²) in [5.41, 5.74) is 0.661. The molecule has 0 spiro atoms. The van der Waals surface area contributed by atoms with Crippen LogP contribution >= 0.6 is 0 Å². The van der Waals surface area contributed by atoms with Crippen molar-refractivity contribution >= 4 is 16.7 Å². The van der Waals surface area contributed by atoms with E-state index in [0.717, 1.165) is 5.39 Å². The third-order valence-corrected chi connectivity index (χ3v) is 3.90. The highest BCUT2D eigenvalue weighted by Gasteiger charge is 2.40. The van der Waals surface area contributed by atoms with Crippen molar-refractivity contribution in [3.63, 3.8) is 0 Å². The molecule has 3 rings (SSSR count). The Labute approximate surface area is 141 Å². The first-order valence-corrected chi connectivity index (χ1v) is 7.51. The molecule has 0 aliphatic rings. The van der Waals surface area contributed by atoms with Crippen molar-refractivity contribution in [2.75, 3.05) is 0 Å². The Morgan fingerprint density at radius 2 is 1.56 bits per heavy atom. The van der Waals surface area contributed by atoms with Crippen LogP contribution in [0.4, 0.5) is 13.2 Å². The molecule has 6 heteroatoms. The fraction of sp³-hybridized carbons (Fsp3) is 0.105. The van der Waals surface area contributed by atoms with Crippen LogP contribution in [0.25, 0.3) is 10.8 Å². The van der Waals surface area contributed by atoms with Gasteiger partial charge < -0.3 is 10.4 Å². The molecule has 1 amide bonds. The average Bonchev–Trinajstić information content (AvgIpc) is 2.60. The molecule has 0 aliphatic heterocycles. The number of hydrogen-bond acceptors (Lipinski definition) is 2. The van der Waals surface area contributed by atoms with Crippen LogP contribution < -0.4 is 5.32 Å². The molecule has 0 aromatic heterocycles. The molecule has 3 nitrogen and oxygen atoms in total. The van der Waals surface area contributed by atoms with Crippen molar-refractivity contribution in [1.29, 1.82) is 0 Å². The average molecular weight is 345 g/mol. The summed E-state index contributed by atoms with van der Waals surface area (Å²) in [6.45, 7) is 0. The number of benzene rings is 3. The van der Waals surface area contributed by atoms with Gasteiger partial charge in [-0.25, -0.2) is 0 Å². The lowest BCUT2D eigenvalue weighted by molar-refractivity contribution is -0.174. The molecule has 0 heterocycles. The van der Waals surface area contributed by atoms with Gasteiger partial charge in [0.25, 0.3) is 0 Å². The van der Waals surface area contributed by atoms with Crippen LogP contribution in [-0.4, -0.2) is 17.2 Å².